The van der Waals surface area contributed by atoms with E-state index in [1.165, 1.54) is 19.3 Å². The molecule has 0 aliphatic heterocycles. The first kappa shape index (κ1) is 12.1. The third-order valence-corrected chi connectivity index (χ3v) is 2.86. The van der Waals surface area contributed by atoms with E-state index < -0.39 is 0 Å². The fourth-order valence-electron chi connectivity index (χ4n) is 1.44. The maximum absolute atomic E-state index is 2.37. The van der Waals surface area contributed by atoms with Crippen LogP contribution in [0.4, 0.5) is 0 Å². The summed E-state index contributed by atoms with van der Waals surface area (Å²) in [5, 5.41) is 0. The average molecular weight is 167 g/mol. The normalized spacial score (nSPS) is 16.2. The van der Waals surface area contributed by atoms with Crippen LogP contribution in [0.15, 0.2) is 0 Å². The Morgan fingerprint density at radius 3 is 2.00 bits per heavy atom. The summed E-state index contributed by atoms with van der Waals surface area (Å²) in [5.41, 5.74) is 0. The number of rotatable bonds is 6. The van der Waals surface area contributed by atoms with Gasteiger partial charge < -0.3 is 0 Å². The van der Waals surface area contributed by atoms with E-state index in [-0.39, 0.29) is 0 Å². The molecule has 12 heavy (non-hydrogen) atoms. The molecule has 1 unspecified atom stereocenters. The highest BCUT2D eigenvalue weighted by molar-refractivity contribution is 6.35. The van der Waals surface area contributed by atoms with Crippen molar-refractivity contribution in [1.29, 1.82) is 0 Å². The summed E-state index contributed by atoms with van der Waals surface area (Å²) < 4.78 is 0. The van der Waals surface area contributed by atoms with E-state index in [0.29, 0.717) is 0 Å². The Morgan fingerprint density at radius 1 is 1.00 bits per heavy atom. The van der Waals surface area contributed by atoms with Gasteiger partial charge in [-0.2, -0.15) is 0 Å². The Bertz CT molecular complexity index is 99.2. The highest BCUT2D eigenvalue weighted by Gasteiger charge is 2.09. The van der Waals surface area contributed by atoms with Gasteiger partial charge in [-0.15, -0.1) is 0 Å². The van der Waals surface area contributed by atoms with Crippen molar-refractivity contribution in [1.82, 2.24) is 0 Å². The van der Waals surface area contributed by atoms with Crippen molar-refractivity contribution in [2.24, 2.45) is 11.8 Å². The first-order chi connectivity index (χ1) is 5.57. The van der Waals surface area contributed by atoms with Gasteiger partial charge >= 0.3 is 0 Å². The van der Waals surface area contributed by atoms with Crippen molar-refractivity contribution in [3.63, 3.8) is 0 Å². The van der Waals surface area contributed by atoms with Crippen LogP contribution in [-0.2, 0) is 0 Å². The van der Waals surface area contributed by atoms with Gasteiger partial charge in [-0.1, -0.05) is 59.6 Å². The van der Waals surface area contributed by atoms with Gasteiger partial charge in [0.1, 0.15) is 7.28 Å². The van der Waals surface area contributed by atoms with E-state index >= 15 is 0 Å². The Hall–Kier alpha value is 0.0649. The maximum Gasteiger partial charge on any atom is 0.110 e. The quantitative estimate of drug-likeness (QED) is 0.524. The fourth-order valence-corrected chi connectivity index (χ4v) is 1.44. The van der Waals surface area contributed by atoms with E-state index in [2.05, 4.69) is 41.8 Å². The van der Waals surface area contributed by atoms with E-state index in [4.69, 9.17) is 0 Å². The summed E-state index contributed by atoms with van der Waals surface area (Å²) in [6.07, 6.45) is 4.18. The summed E-state index contributed by atoms with van der Waals surface area (Å²) in [7, 11) is 2.32. The lowest BCUT2D eigenvalue weighted by Gasteiger charge is -2.17. The lowest BCUT2D eigenvalue weighted by molar-refractivity contribution is 0.447. The largest absolute Gasteiger partial charge is 0.110 e. The van der Waals surface area contributed by atoms with E-state index in [0.717, 1.165) is 17.7 Å². The molecule has 0 aromatic rings. The van der Waals surface area contributed by atoms with Crippen molar-refractivity contribution < 1.29 is 0 Å². The molecule has 0 nitrogen and oxygen atoms in total. The molecule has 0 amide bonds. The molecular weight excluding hydrogens is 143 g/mol. The van der Waals surface area contributed by atoms with Gasteiger partial charge in [0.15, 0.2) is 0 Å². The molecule has 0 fully saturated rings. The second-order valence-electron chi connectivity index (χ2n) is 4.49. The molecule has 71 valence electrons. The molecule has 0 aliphatic rings. The molecule has 0 aliphatic carbocycles. The molecule has 0 heterocycles. The monoisotopic (exact) mass is 167 g/mol. The molecule has 0 rings (SSSR count). The van der Waals surface area contributed by atoms with Crippen LogP contribution < -0.4 is 0 Å². The van der Waals surface area contributed by atoms with Gasteiger partial charge in [0, 0.05) is 0 Å². The molecule has 0 spiro atoms. The number of hydrogen-bond acceptors (Lipinski definition) is 0. The highest BCUT2D eigenvalue weighted by atomic mass is 14.1. The molecule has 0 bridgehead atoms. The smallest absolute Gasteiger partial charge is 0.0917 e. The zero-order valence-electron chi connectivity index (χ0n) is 9.43. The van der Waals surface area contributed by atoms with E-state index in [1.807, 2.05) is 0 Å². The minimum Gasteiger partial charge on any atom is -0.0917 e. The number of hydrogen-bond donors (Lipinski definition) is 0. The minimum absolute atomic E-state index is 0.789. The van der Waals surface area contributed by atoms with Crippen LogP contribution >= 0.6 is 0 Å². The van der Waals surface area contributed by atoms with Crippen LogP contribution in [0.3, 0.4) is 0 Å². The van der Waals surface area contributed by atoms with Crippen molar-refractivity contribution in [3.05, 3.63) is 0 Å². The van der Waals surface area contributed by atoms with Crippen LogP contribution in [0.25, 0.3) is 0 Å². The molecule has 1 radical (unpaired) electrons. The first-order valence-corrected chi connectivity index (χ1v) is 5.37. The van der Waals surface area contributed by atoms with E-state index in [9.17, 15) is 0 Å². The summed E-state index contributed by atoms with van der Waals surface area (Å²) in [6.45, 7) is 11.5. The highest BCUT2D eigenvalue weighted by Crippen LogP contribution is 2.22. The second kappa shape index (κ2) is 6.57. The Morgan fingerprint density at radius 2 is 1.58 bits per heavy atom. The SMILES string of the molecule is C[B][C@H](C)C(C)CCCC(C)C. The Balaban J connectivity index is 3.37. The summed E-state index contributed by atoms with van der Waals surface area (Å²) >= 11 is 0. The summed E-state index contributed by atoms with van der Waals surface area (Å²) in [5.74, 6) is 2.53. The molecule has 0 saturated heterocycles. The van der Waals surface area contributed by atoms with E-state index in [1.54, 1.807) is 0 Å². The molecule has 2 atom stereocenters. The lowest BCUT2D eigenvalue weighted by atomic mass is 9.62. The Labute approximate surface area is 79.4 Å². The molecule has 0 saturated carbocycles. The second-order valence-corrected chi connectivity index (χ2v) is 4.49. The predicted octanol–water partition coefficient (Wildman–Crippen LogP) is 4.01. The third kappa shape index (κ3) is 5.68. The zero-order valence-corrected chi connectivity index (χ0v) is 9.43. The van der Waals surface area contributed by atoms with Crippen LogP contribution in [0.5, 0.6) is 0 Å². The molecule has 0 N–H and O–H groups in total. The molecule has 0 aromatic carbocycles. The van der Waals surface area contributed by atoms with Gasteiger partial charge in [0.05, 0.1) is 0 Å². The van der Waals surface area contributed by atoms with Crippen LogP contribution in [0.2, 0.25) is 12.6 Å². The lowest BCUT2D eigenvalue weighted by Crippen LogP contribution is -2.07. The first-order valence-electron chi connectivity index (χ1n) is 5.37. The minimum atomic E-state index is 0.789. The van der Waals surface area contributed by atoms with Crippen LogP contribution in [0.1, 0.15) is 47.0 Å². The topological polar surface area (TPSA) is 0 Å². The maximum atomic E-state index is 2.37. The van der Waals surface area contributed by atoms with Gasteiger partial charge in [-0.3, -0.25) is 0 Å². The van der Waals surface area contributed by atoms with Crippen molar-refractivity contribution >= 4 is 7.28 Å². The van der Waals surface area contributed by atoms with Gasteiger partial charge in [0.25, 0.3) is 0 Å². The van der Waals surface area contributed by atoms with Crippen LogP contribution in [0, 0.1) is 11.8 Å². The van der Waals surface area contributed by atoms with Gasteiger partial charge in [-0.25, -0.2) is 0 Å². The van der Waals surface area contributed by atoms with Crippen LogP contribution in [-0.4, -0.2) is 7.28 Å². The summed E-state index contributed by atoms with van der Waals surface area (Å²) in [6, 6.07) is 0. The van der Waals surface area contributed by atoms with Crippen molar-refractivity contribution in [2.45, 2.75) is 59.6 Å². The third-order valence-electron chi connectivity index (χ3n) is 2.86. The van der Waals surface area contributed by atoms with Gasteiger partial charge in [0.2, 0.25) is 0 Å². The predicted molar refractivity (Wildman–Crippen MR) is 58.9 cm³/mol. The summed E-state index contributed by atoms with van der Waals surface area (Å²) in [4.78, 5) is 0. The Kier molecular flexibility index (Phi) is 6.60. The molecule has 0 aromatic heterocycles. The fraction of sp³-hybridized carbons (Fsp3) is 1.00. The van der Waals surface area contributed by atoms with Gasteiger partial charge in [-0.05, 0) is 11.8 Å². The van der Waals surface area contributed by atoms with Crippen molar-refractivity contribution in [3.8, 4) is 0 Å². The average Bonchev–Trinajstić information content (AvgIpc) is 2.02. The zero-order chi connectivity index (χ0) is 9.56. The van der Waals surface area contributed by atoms with Crippen molar-refractivity contribution in [2.75, 3.05) is 0 Å². The molecule has 1 heteroatoms. The molecular formula is C11H24B. The standard InChI is InChI=1S/C11H24B/c1-9(2)7-6-8-10(3)11(4)12-5/h9-11H,6-8H2,1-5H3/t10?,11-/m1/s1.